The summed E-state index contributed by atoms with van der Waals surface area (Å²) in [5.41, 5.74) is 0. The van der Waals surface area contributed by atoms with Crippen molar-refractivity contribution in [1.29, 1.82) is 0 Å². The summed E-state index contributed by atoms with van der Waals surface area (Å²) in [4.78, 5) is 2.22. The first-order chi connectivity index (χ1) is 8.09. The fourth-order valence-electron chi connectivity index (χ4n) is 2.30. The molecule has 0 radical (unpaired) electrons. The van der Waals surface area contributed by atoms with Gasteiger partial charge in [-0.15, -0.1) is 0 Å². The number of hydrogen-bond donors (Lipinski definition) is 1. The highest BCUT2D eigenvalue weighted by atomic mass is 32.2. The predicted molar refractivity (Wildman–Crippen MR) is 68.5 cm³/mol. The summed E-state index contributed by atoms with van der Waals surface area (Å²) >= 11 is 0. The van der Waals surface area contributed by atoms with E-state index in [1.165, 1.54) is 6.42 Å². The minimum absolute atomic E-state index is 0.264. The second kappa shape index (κ2) is 5.65. The first-order valence-electron chi connectivity index (χ1n) is 6.48. The average molecular weight is 261 g/mol. The molecule has 0 aromatic rings. The molecule has 0 amide bonds. The summed E-state index contributed by atoms with van der Waals surface area (Å²) in [7, 11) is -1.32. The molecule has 1 N–H and O–H groups in total. The molecule has 0 bridgehead atoms. The van der Waals surface area contributed by atoms with Crippen LogP contribution >= 0.6 is 0 Å². The van der Waals surface area contributed by atoms with Crippen LogP contribution in [0.1, 0.15) is 19.3 Å². The Kier molecular flexibility index (Phi) is 4.41. The average Bonchev–Trinajstić information content (AvgIpc) is 2.26. The van der Waals surface area contributed by atoms with Crippen molar-refractivity contribution in [3.8, 4) is 0 Å². The highest BCUT2D eigenvalue weighted by Gasteiger charge is 2.30. The predicted octanol–water partition coefficient (Wildman–Crippen LogP) is -0.294. The number of nitrogens with zero attached hydrogens (tertiary/aromatic N) is 2. The molecular formula is C11H23N3O2S. The minimum Gasteiger partial charge on any atom is -0.314 e. The van der Waals surface area contributed by atoms with Gasteiger partial charge in [-0.1, -0.05) is 6.42 Å². The van der Waals surface area contributed by atoms with Gasteiger partial charge >= 0.3 is 0 Å². The normalized spacial score (nSPS) is 23.9. The van der Waals surface area contributed by atoms with Gasteiger partial charge in [-0.25, -0.2) is 12.7 Å². The van der Waals surface area contributed by atoms with Crippen LogP contribution in [0, 0.1) is 0 Å². The van der Waals surface area contributed by atoms with Gasteiger partial charge in [-0.3, -0.25) is 4.90 Å². The van der Waals surface area contributed by atoms with Gasteiger partial charge in [-0.2, -0.15) is 0 Å². The van der Waals surface area contributed by atoms with Gasteiger partial charge < -0.3 is 5.32 Å². The van der Waals surface area contributed by atoms with E-state index in [9.17, 15) is 8.42 Å². The van der Waals surface area contributed by atoms with Crippen molar-refractivity contribution in [1.82, 2.24) is 14.5 Å². The van der Waals surface area contributed by atoms with Crippen molar-refractivity contribution >= 4 is 10.0 Å². The Hall–Kier alpha value is -0.170. The maximum absolute atomic E-state index is 12.1. The fourth-order valence-corrected chi connectivity index (χ4v) is 3.74. The van der Waals surface area contributed by atoms with Crippen LogP contribution < -0.4 is 5.32 Å². The van der Waals surface area contributed by atoms with Crippen molar-refractivity contribution in [3.05, 3.63) is 0 Å². The molecule has 100 valence electrons. The van der Waals surface area contributed by atoms with Crippen molar-refractivity contribution in [2.24, 2.45) is 0 Å². The first-order valence-corrected chi connectivity index (χ1v) is 8.09. The van der Waals surface area contributed by atoms with Crippen LogP contribution in [0.5, 0.6) is 0 Å². The van der Waals surface area contributed by atoms with Gasteiger partial charge in [0.05, 0.1) is 5.75 Å². The zero-order chi connectivity index (χ0) is 12.3. The summed E-state index contributed by atoms with van der Waals surface area (Å²) in [6.45, 7) is 4.53. The molecule has 1 aliphatic carbocycles. The SMILES string of the molecule is CN(C1CCC1)S(=O)(=O)CCN1CCNCC1. The lowest BCUT2D eigenvalue weighted by Gasteiger charge is -2.34. The largest absolute Gasteiger partial charge is 0.314 e. The zero-order valence-corrected chi connectivity index (χ0v) is 11.4. The van der Waals surface area contributed by atoms with E-state index in [-0.39, 0.29) is 11.8 Å². The highest BCUT2D eigenvalue weighted by Crippen LogP contribution is 2.25. The van der Waals surface area contributed by atoms with E-state index in [1.54, 1.807) is 11.4 Å². The van der Waals surface area contributed by atoms with Crippen molar-refractivity contribution < 1.29 is 8.42 Å². The van der Waals surface area contributed by atoms with E-state index in [1.807, 2.05) is 0 Å². The summed E-state index contributed by atoms with van der Waals surface area (Å²) in [6, 6.07) is 0.267. The van der Waals surface area contributed by atoms with E-state index in [4.69, 9.17) is 0 Å². The van der Waals surface area contributed by atoms with Crippen LogP contribution in [0.4, 0.5) is 0 Å². The lowest BCUT2D eigenvalue weighted by atomic mass is 9.94. The smallest absolute Gasteiger partial charge is 0.215 e. The van der Waals surface area contributed by atoms with Gasteiger partial charge in [0.25, 0.3) is 0 Å². The Bertz CT molecular complexity index is 335. The molecule has 2 fully saturated rings. The van der Waals surface area contributed by atoms with E-state index in [0.717, 1.165) is 39.0 Å². The van der Waals surface area contributed by atoms with Gasteiger partial charge in [0.1, 0.15) is 0 Å². The number of rotatable bonds is 5. The summed E-state index contributed by atoms with van der Waals surface area (Å²) in [6.07, 6.45) is 3.23. The third kappa shape index (κ3) is 3.40. The lowest BCUT2D eigenvalue weighted by molar-refractivity contribution is 0.238. The summed E-state index contributed by atoms with van der Waals surface area (Å²) < 4.78 is 25.8. The zero-order valence-electron chi connectivity index (χ0n) is 10.6. The molecule has 5 nitrogen and oxygen atoms in total. The Morgan fingerprint density at radius 2 is 1.94 bits per heavy atom. The van der Waals surface area contributed by atoms with Crippen molar-refractivity contribution in [2.45, 2.75) is 25.3 Å². The van der Waals surface area contributed by atoms with E-state index >= 15 is 0 Å². The first kappa shape index (κ1) is 13.3. The maximum Gasteiger partial charge on any atom is 0.215 e. The second-order valence-electron chi connectivity index (χ2n) is 5.01. The standard InChI is InChI=1S/C11H23N3O2S/c1-13(11-3-2-4-11)17(15,16)10-9-14-7-5-12-6-8-14/h11-12H,2-10H2,1H3. The summed E-state index contributed by atoms with van der Waals surface area (Å²) in [5.74, 6) is 0.264. The third-order valence-corrected chi connectivity index (χ3v) is 5.78. The van der Waals surface area contributed by atoms with Crippen LogP contribution in [-0.2, 0) is 10.0 Å². The molecule has 0 spiro atoms. The van der Waals surface area contributed by atoms with E-state index in [2.05, 4.69) is 10.2 Å². The van der Waals surface area contributed by atoms with E-state index < -0.39 is 10.0 Å². The molecule has 0 unspecified atom stereocenters. The highest BCUT2D eigenvalue weighted by molar-refractivity contribution is 7.89. The number of sulfonamides is 1. The quantitative estimate of drug-likeness (QED) is 0.739. The van der Waals surface area contributed by atoms with Crippen LogP contribution in [-0.4, -0.2) is 69.2 Å². The molecule has 2 aliphatic rings. The molecule has 17 heavy (non-hydrogen) atoms. The molecule has 1 aliphatic heterocycles. The van der Waals surface area contributed by atoms with Crippen LogP contribution in [0.15, 0.2) is 0 Å². The Balaban J connectivity index is 1.79. The molecule has 0 aromatic carbocycles. The van der Waals surface area contributed by atoms with Gasteiger partial charge in [0.2, 0.25) is 10.0 Å². The Morgan fingerprint density at radius 1 is 1.29 bits per heavy atom. The van der Waals surface area contributed by atoms with Crippen molar-refractivity contribution in [2.75, 3.05) is 45.5 Å². The van der Waals surface area contributed by atoms with Gasteiger partial charge in [-0.05, 0) is 12.8 Å². The number of hydrogen-bond acceptors (Lipinski definition) is 4. The molecule has 0 aromatic heterocycles. The second-order valence-corrected chi connectivity index (χ2v) is 7.16. The van der Waals surface area contributed by atoms with E-state index in [0.29, 0.717) is 6.54 Å². The molecular weight excluding hydrogens is 238 g/mol. The molecule has 6 heteroatoms. The Labute approximate surface area is 104 Å². The van der Waals surface area contributed by atoms with Crippen molar-refractivity contribution in [3.63, 3.8) is 0 Å². The van der Waals surface area contributed by atoms with Gasteiger partial charge in [0, 0.05) is 45.8 Å². The Morgan fingerprint density at radius 3 is 2.47 bits per heavy atom. The minimum atomic E-state index is -3.05. The molecule has 1 saturated heterocycles. The molecule has 0 atom stereocenters. The maximum atomic E-state index is 12.1. The van der Waals surface area contributed by atoms with Crippen LogP contribution in [0.2, 0.25) is 0 Å². The lowest BCUT2D eigenvalue weighted by Crippen LogP contribution is -2.47. The molecule has 2 rings (SSSR count). The van der Waals surface area contributed by atoms with Crippen LogP contribution in [0.25, 0.3) is 0 Å². The fraction of sp³-hybridized carbons (Fsp3) is 1.00. The van der Waals surface area contributed by atoms with Gasteiger partial charge in [0.15, 0.2) is 0 Å². The summed E-state index contributed by atoms with van der Waals surface area (Å²) in [5, 5.41) is 3.27. The molecule has 1 saturated carbocycles. The van der Waals surface area contributed by atoms with Crippen LogP contribution in [0.3, 0.4) is 0 Å². The topological polar surface area (TPSA) is 52.7 Å². The monoisotopic (exact) mass is 261 g/mol. The third-order valence-electron chi connectivity index (χ3n) is 3.90. The molecule has 1 heterocycles. The number of nitrogens with one attached hydrogen (secondary N) is 1. The number of piperazine rings is 1.